The monoisotopic (exact) mass is 751 g/mol. The van der Waals surface area contributed by atoms with Crippen molar-refractivity contribution in [1.82, 2.24) is 20.4 Å². The van der Waals surface area contributed by atoms with Gasteiger partial charge in [0.25, 0.3) is 0 Å². The number of amides is 4. The van der Waals surface area contributed by atoms with Gasteiger partial charge in [0.2, 0.25) is 11.8 Å². The summed E-state index contributed by atoms with van der Waals surface area (Å²) in [7, 11) is 4.09. The molecule has 6 rings (SSSR count). The fraction of sp³-hybridized carbons (Fsp3) is 0.465. The number of rotatable bonds is 12. The number of carbonyl (C=O) groups excluding carboxylic acids is 4. The number of hydrogen-bond donors (Lipinski definition) is 2. The van der Waals surface area contributed by atoms with E-state index in [-0.39, 0.29) is 29.8 Å². The third-order valence-electron chi connectivity index (χ3n) is 11.3. The number of aliphatic imine (C=N–C) groups is 1. The molecule has 5 atom stereocenters. The van der Waals surface area contributed by atoms with Crippen LogP contribution in [0.25, 0.3) is 22.3 Å². The first-order chi connectivity index (χ1) is 26.5. The standard InChI is InChI=1S/C43H53N5O7/c1-26(2)38(45-42(51)54-5)40(49)47-21-7-9-36(47)33-20-19-32(23-33)30-15-11-28(12-16-30)29-13-17-31(18-14-29)34-24-35(44-25-34)37-10-8-22-48(37)41(50)39(27(3)53-4)46-43(52)55-6/h11-20,25-27,36-39H,7-10,21-24H2,1-6H3,(H,45,51)(H,46,52)/t27-,36-,37+,38+,39+/m1/s1. The fourth-order valence-electron chi connectivity index (χ4n) is 8.11. The van der Waals surface area contributed by atoms with Gasteiger partial charge in [-0.2, -0.15) is 0 Å². The summed E-state index contributed by atoms with van der Waals surface area (Å²) < 4.78 is 14.9. The van der Waals surface area contributed by atoms with E-state index >= 15 is 0 Å². The summed E-state index contributed by atoms with van der Waals surface area (Å²) in [6.45, 7) is 6.88. The Labute approximate surface area is 323 Å². The number of likely N-dealkylation sites (tertiary alicyclic amines) is 2. The molecule has 4 aliphatic rings. The molecule has 1 aliphatic carbocycles. The average molecular weight is 752 g/mol. The molecule has 2 N–H and O–H groups in total. The SMILES string of the molecule is COC(=O)N[C@H](C(=O)N1CCC[C@@H]1C1=CC=C(c2ccc(-c3ccc(C4=CN=C([C@@H]5CCCN5C(=O)[C@@H](NC(=O)OC)[C@@H](C)OC)C4)cc3)cc2)C1)C(C)C. The number of nitrogens with zero attached hydrogens (tertiary/aromatic N) is 3. The lowest BCUT2D eigenvalue weighted by atomic mass is 9.94. The molecule has 12 nitrogen and oxygen atoms in total. The van der Waals surface area contributed by atoms with Crippen molar-refractivity contribution in [1.29, 1.82) is 0 Å². The maximum absolute atomic E-state index is 13.6. The van der Waals surface area contributed by atoms with Crippen LogP contribution in [0, 0.1) is 5.92 Å². The van der Waals surface area contributed by atoms with E-state index in [0.717, 1.165) is 65.6 Å². The minimum Gasteiger partial charge on any atom is -0.453 e. The number of alkyl carbamates (subject to hydrolysis) is 2. The second-order valence-corrected chi connectivity index (χ2v) is 15.0. The Morgan fingerprint density at radius 2 is 1.18 bits per heavy atom. The molecule has 55 heavy (non-hydrogen) atoms. The zero-order valence-corrected chi connectivity index (χ0v) is 32.7. The molecule has 2 fully saturated rings. The van der Waals surface area contributed by atoms with Crippen molar-refractivity contribution in [2.45, 2.75) is 89.6 Å². The Kier molecular flexibility index (Phi) is 12.5. The van der Waals surface area contributed by atoms with Gasteiger partial charge in [-0.05, 0) is 83.9 Å². The van der Waals surface area contributed by atoms with Crippen molar-refractivity contribution in [2.75, 3.05) is 34.4 Å². The summed E-state index contributed by atoms with van der Waals surface area (Å²) in [5.41, 5.74) is 8.96. The zero-order valence-electron chi connectivity index (χ0n) is 32.7. The van der Waals surface area contributed by atoms with E-state index in [9.17, 15) is 19.2 Å². The normalized spacial score (nSPS) is 21.0. The minimum atomic E-state index is -0.861. The Morgan fingerprint density at radius 1 is 0.673 bits per heavy atom. The number of carbonyl (C=O) groups is 4. The topological polar surface area (TPSA) is 139 Å². The summed E-state index contributed by atoms with van der Waals surface area (Å²) in [6, 6.07) is 15.5. The van der Waals surface area contributed by atoms with Gasteiger partial charge in [0, 0.05) is 38.5 Å². The van der Waals surface area contributed by atoms with E-state index in [2.05, 4.69) is 71.3 Å². The van der Waals surface area contributed by atoms with Crippen LogP contribution in [-0.4, -0.2) is 104 Å². The molecule has 0 spiro atoms. The van der Waals surface area contributed by atoms with Crippen LogP contribution >= 0.6 is 0 Å². The first-order valence-electron chi connectivity index (χ1n) is 19.2. The molecule has 3 heterocycles. The van der Waals surface area contributed by atoms with Crippen molar-refractivity contribution >= 4 is 40.9 Å². The van der Waals surface area contributed by atoms with Gasteiger partial charge >= 0.3 is 12.2 Å². The number of ether oxygens (including phenoxy) is 3. The molecule has 0 bridgehead atoms. The molecule has 2 aromatic rings. The molecule has 12 heteroatoms. The highest BCUT2D eigenvalue weighted by Crippen LogP contribution is 2.37. The molecule has 0 radical (unpaired) electrons. The summed E-state index contributed by atoms with van der Waals surface area (Å²) in [6.07, 6.45) is 9.37. The number of hydrogen-bond acceptors (Lipinski definition) is 8. The van der Waals surface area contributed by atoms with E-state index in [4.69, 9.17) is 19.2 Å². The molecule has 3 aliphatic heterocycles. The van der Waals surface area contributed by atoms with Crippen LogP contribution in [0.2, 0.25) is 0 Å². The van der Waals surface area contributed by atoms with Crippen molar-refractivity contribution in [3.8, 4) is 11.1 Å². The maximum atomic E-state index is 13.6. The number of methoxy groups -OCH3 is 3. The van der Waals surface area contributed by atoms with Crippen molar-refractivity contribution in [3.63, 3.8) is 0 Å². The quantitative estimate of drug-likeness (QED) is 0.257. The van der Waals surface area contributed by atoms with Gasteiger partial charge in [0.05, 0.1) is 32.4 Å². The number of allylic oxidation sites excluding steroid dienone is 4. The van der Waals surface area contributed by atoms with E-state index in [1.54, 1.807) is 6.92 Å². The Hall–Kier alpha value is -5.23. The van der Waals surface area contributed by atoms with Crippen LogP contribution in [0.3, 0.4) is 0 Å². The van der Waals surface area contributed by atoms with Crippen LogP contribution in [0.5, 0.6) is 0 Å². The first kappa shape index (κ1) is 39.5. The summed E-state index contributed by atoms with van der Waals surface area (Å²) >= 11 is 0. The number of nitrogens with one attached hydrogen (secondary N) is 2. The smallest absolute Gasteiger partial charge is 0.407 e. The molecule has 0 saturated carbocycles. The Balaban J connectivity index is 1.04. The highest BCUT2D eigenvalue weighted by molar-refractivity contribution is 6.04. The van der Waals surface area contributed by atoms with Crippen LogP contribution in [0.15, 0.2) is 77.4 Å². The average Bonchev–Trinajstić information content (AvgIpc) is 4.05. The van der Waals surface area contributed by atoms with E-state index in [0.29, 0.717) is 19.5 Å². The molecule has 0 aromatic heterocycles. The van der Waals surface area contributed by atoms with Crippen LogP contribution in [-0.2, 0) is 23.8 Å². The molecule has 2 saturated heterocycles. The first-order valence-corrected chi connectivity index (χ1v) is 19.2. The van der Waals surface area contributed by atoms with Gasteiger partial charge in [-0.3, -0.25) is 14.6 Å². The van der Waals surface area contributed by atoms with Crippen molar-refractivity contribution < 1.29 is 33.4 Å². The zero-order chi connectivity index (χ0) is 39.2. The predicted octanol–water partition coefficient (Wildman–Crippen LogP) is 6.37. The van der Waals surface area contributed by atoms with E-state index < -0.39 is 30.4 Å². The minimum absolute atomic E-state index is 0.0168. The second kappa shape index (κ2) is 17.5. The van der Waals surface area contributed by atoms with Gasteiger partial charge in [-0.1, -0.05) is 74.5 Å². The molecule has 4 amide bonds. The van der Waals surface area contributed by atoms with Gasteiger partial charge < -0.3 is 34.6 Å². The lowest BCUT2D eigenvalue weighted by molar-refractivity contribution is -0.136. The van der Waals surface area contributed by atoms with E-state index in [1.165, 1.54) is 32.5 Å². The molecule has 0 unspecified atom stereocenters. The molecular weight excluding hydrogens is 699 g/mol. The highest BCUT2D eigenvalue weighted by Gasteiger charge is 2.40. The Bertz CT molecular complexity index is 1880. The van der Waals surface area contributed by atoms with Crippen molar-refractivity contribution in [3.05, 3.63) is 83.6 Å². The third-order valence-corrected chi connectivity index (χ3v) is 11.3. The van der Waals surface area contributed by atoms with Crippen LogP contribution < -0.4 is 10.6 Å². The fourth-order valence-corrected chi connectivity index (χ4v) is 8.11. The van der Waals surface area contributed by atoms with Gasteiger partial charge in [-0.25, -0.2) is 9.59 Å². The maximum Gasteiger partial charge on any atom is 0.407 e. The van der Waals surface area contributed by atoms with Crippen LogP contribution in [0.1, 0.15) is 70.4 Å². The van der Waals surface area contributed by atoms with Crippen molar-refractivity contribution in [2.24, 2.45) is 10.9 Å². The summed E-state index contributed by atoms with van der Waals surface area (Å²) in [5, 5.41) is 5.38. The molecular formula is C43H53N5O7. The molecule has 292 valence electrons. The molecule has 2 aromatic carbocycles. The summed E-state index contributed by atoms with van der Waals surface area (Å²) in [5.74, 6) is -0.325. The Morgan fingerprint density at radius 3 is 1.75 bits per heavy atom. The predicted molar refractivity (Wildman–Crippen MR) is 212 cm³/mol. The lowest BCUT2D eigenvalue weighted by Crippen LogP contribution is -2.56. The van der Waals surface area contributed by atoms with Gasteiger partial charge in [-0.15, -0.1) is 0 Å². The highest BCUT2D eigenvalue weighted by atomic mass is 16.5. The van der Waals surface area contributed by atoms with Crippen LogP contribution in [0.4, 0.5) is 9.59 Å². The largest absolute Gasteiger partial charge is 0.453 e. The van der Waals surface area contributed by atoms with Gasteiger partial charge in [0.15, 0.2) is 0 Å². The third kappa shape index (κ3) is 8.69. The van der Waals surface area contributed by atoms with Gasteiger partial charge in [0.1, 0.15) is 12.1 Å². The lowest BCUT2D eigenvalue weighted by Gasteiger charge is -2.31. The second-order valence-electron chi connectivity index (χ2n) is 15.0. The number of benzene rings is 2. The summed E-state index contributed by atoms with van der Waals surface area (Å²) in [4.78, 5) is 59.7. The van der Waals surface area contributed by atoms with E-state index in [1.807, 2.05) is 29.8 Å².